The zero-order chi connectivity index (χ0) is 50.3. The van der Waals surface area contributed by atoms with Crippen molar-refractivity contribution >= 4 is 119 Å². The minimum Gasteiger partial charge on any atom is -0.456 e. The van der Waals surface area contributed by atoms with Crippen LogP contribution >= 0.6 is 11.3 Å². The maximum Gasteiger partial charge on any atom is 0.164 e. The summed E-state index contributed by atoms with van der Waals surface area (Å²) in [5.74, 6) is 1.66. The Morgan fingerprint density at radius 1 is 0.299 bits per heavy atom. The minimum absolute atomic E-state index is 0.542. The molecule has 0 saturated heterocycles. The van der Waals surface area contributed by atoms with Crippen LogP contribution in [0.4, 0.5) is 0 Å². The molecule has 0 bridgehead atoms. The second-order valence-corrected chi connectivity index (χ2v) is 20.9. The summed E-state index contributed by atoms with van der Waals surface area (Å²) in [6, 6.07) is 83.6. The van der Waals surface area contributed by atoms with Crippen molar-refractivity contribution in [1.82, 2.24) is 24.1 Å². The third-order valence-electron chi connectivity index (χ3n) is 15.6. The molecule has 0 aliphatic rings. The predicted octanol–water partition coefficient (Wildman–Crippen LogP) is 18.9. The summed E-state index contributed by atoms with van der Waals surface area (Å²) >= 11 is 1.86. The molecule has 7 nitrogen and oxygen atoms in total. The highest BCUT2D eigenvalue weighted by molar-refractivity contribution is 7.26. The number of hydrogen-bond donors (Lipinski definition) is 0. The molecule has 11 aromatic carbocycles. The summed E-state index contributed by atoms with van der Waals surface area (Å²) in [5.41, 5.74) is 14.7. The number of nitrogens with zero attached hydrogens (tertiary/aromatic N) is 5. The van der Waals surface area contributed by atoms with E-state index in [0.717, 1.165) is 99.6 Å². The van der Waals surface area contributed by atoms with Crippen molar-refractivity contribution in [3.63, 3.8) is 0 Å². The highest BCUT2D eigenvalue weighted by Gasteiger charge is 2.24. The Balaban J connectivity index is 0.836. The van der Waals surface area contributed by atoms with Crippen LogP contribution in [-0.4, -0.2) is 24.1 Å². The van der Waals surface area contributed by atoms with Crippen molar-refractivity contribution in [2.24, 2.45) is 0 Å². The van der Waals surface area contributed by atoms with Gasteiger partial charge in [0, 0.05) is 96.9 Å². The average Bonchev–Trinajstić information content (AvgIpc) is 4.51. The molecule has 0 radical (unpaired) electrons. The molecule has 358 valence electrons. The van der Waals surface area contributed by atoms with Gasteiger partial charge in [-0.2, -0.15) is 0 Å². The summed E-state index contributed by atoms with van der Waals surface area (Å²) in [6.45, 7) is 0. The smallest absolute Gasteiger partial charge is 0.164 e. The first-order valence-corrected chi connectivity index (χ1v) is 26.6. The lowest BCUT2D eigenvalue weighted by molar-refractivity contribution is 0.668. The summed E-state index contributed by atoms with van der Waals surface area (Å²) in [7, 11) is 0. The van der Waals surface area contributed by atoms with Crippen LogP contribution in [0.2, 0.25) is 0 Å². The van der Waals surface area contributed by atoms with E-state index < -0.39 is 0 Å². The number of fused-ring (bicyclic) bond motifs is 16. The minimum atomic E-state index is 0.542. The SMILES string of the molecule is c1ccc(-c2nc(-c3ccc4c(c3)oc3ccc(-n5c6ccccc6c6ccccc65)cc34)nc(-c3cccc4oc5ccc(-c6cccc7c8c9c(ccc8n(-c8ccccc8)c67)sc6ccccc69)cc5c34)n2)cc1. The van der Waals surface area contributed by atoms with Gasteiger partial charge in [-0.05, 0) is 96.6 Å². The molecule has 6 heterocycles. The van der Waals surface area contributed by atoms with Crippen LogP contribution < -0.4 is 0 Å². The van der Waals surface area contributed by atoms with Gasteiger partial charge in [0.15, 0.2) is 17.5 Å². The van der Waals surface area contributed by atoms with Crippen LogP contribution in [0.5, 0.6) is 0 Å². The summed E-state index contributed by atoms with van der Waals surface area (Å²) in [5, 5.41) is 11.5. The second-order valence-electron chi connectivity index (χ2n) is 19.8. The molecule has 17 aromatic rings. The van der Waals surface area contributed by atoms with Crippen LogP contribution in [-0.2, 0) is 0 Å². The van der Waals surface area contributed by atoms with E-state index >= 15 is 0 Å². The van der Waals surface area contributed by atoms with E-state index in [9.17, 15) is 0 Å². The van der Waals surface area contributed by atoms with Gasteiger partial charge in [0.2, 0.25) is 0 Å². The number of hydrogen-bond acceptors (Lipinski definition) is 6. The number of rotatable bonds is 6. The van der Waals surface area contributed by atoms with Crippen molar-refractivity contribution in [3.8, 4) is 56.7 Å². The van der Waals surface area contributed by atoms with Gasteiger partial charge >= 0.3 is 0 Å². The first-order valence-electron chi connectivity index (χ1n) is 25.8. The zero-order valence-corrected chi connectivity index (χ0v) is 41.8. The van der Waals surface area contributed by atoms with E-state index in [4.69, 9.17) is 23.8 Å². The Morgan fingerprint density at radius 3 is 1.78 bits per heavy atom. The number of para-hydroxylation sites is 4. The Bertz CT molecular complexity index is 5240. The number of benzene rings is 11. The lowest BCUT2D eigenvalue weighted by atomic mass is 9.98. The molecular weight excluding hydrogens is 963 g/mol. The van der Waals surface area contributed by atoms with Crippen LogP contribution in [0.25, 0.3) is 164 Å². The first-order chi connectivity index (χ1) is 38.2. The third-order valence-corrected chi connectivity index (χ3v) is 16.7. The first kappa shape index (κ1) is 42.2. The molecule has 0 unspecified atom stereocenters. The fourth-order valence-electron chi connectivity index (χ4n) is 12.2. The van der Waals surface area contributed by atoms with Gasteiger partial charge in [-0.3, -0.25) is 0 Å². The summed E-state index contributed by atoms with van der Waals surface area (Å²) < 4.78 is 20.7. The van der Waals surface area contributed by atoms with Crippen molar-refractivity contribution < 1.29 is 8.83 Å². The molecule has 6 aromatic heterocycles. The van der Waals surface area contributed by atoms with Crippen molar-refractivity contribution in [2.75, 3.05) is 0 Å². The Morgan fingerprint density at radius 2 is 0.948 bits per heavy atom. The van der Waals surface area contributed by atoms with Gasteiger partial charge in [0.05, 0.1) is 22.1 Å². The van der Waals surface area contributed by atoms with E-state index in [0.29, 0.717) is 17.5 Å². The Kier molecular flexibility index (Phi) is 8.87. The summed E-state index contributed by atoms with van der Waals surface area (Å²) in [6.07, 6.45) is 0. The molecule has 8 heteroatoms. The maximum absolute atomic E-state index is 6.71. The van der Waals surface area contributed by atoms with Gasteiger partial charge in [0.1, 0.15) is 22.3 Å². The van der Waals surface area contributed by atoms with E-state index in [2.05, 4.69) is 203 Å². The van der Waals surface area contributed by atoms with Crippen molar-refractivity contribution in [1.29, 1.82) is 0 Å². The zero-order valence-electron chi connectivity index (χ0n) is 41.0. The lowest BCUT2D eigenvalue weighted by Crippen LogP contribution is -2.00. The maximum atomic E-state index is 6.71. The average molecular weight is 1000 g/mol. The molecule has 0 fully saturated rings. The molecule has 0 aliphatic carbocycles. The fourth-order valence-corrected chi connectivity index (χ4v) is 13.3. The molecule has 0 N–H and O–H groups in total. The molecule has 17 rings (SSSR count). The van der Waals surface area contributed by atoms with Crippen LogP contribution in [0.15, 0.2) is 245 Å². The predicted molar refractivity (Wildman–Crippen MR) is 318 cm³/mol. The van der Waals surface area contributed by atoms with Crippen LogP contribution in [0, 0.1) is 0 Å². The number of aromatic nitrogens is 5. The van der Waals surface area contributed by atoms with E-state index in [1.165, 1.54) is 47.2 Å². The Hall–Kier alpha value is -10.2. The number of furan rings is 2. The standard InChI is InChI=1S/C69H39N5O2S/c1-3-15-40(16-4-1)67-70-68(42-29-32-48-52-39-44(31-35-57(52)76-60(48)38-42)73-54-25-10-7-19-46(54)47-20-8-11-26-55(47)73)72-69(71-67)51-24-14-27-59-63(51)53-37-41(30-34-58(53)75-59)45-22-13-23-50-64-56(74(66(45)50)43-17-5-2-6-18-43)33-36-62-65(64)49-21-9-12-28-61(49)77-62/h1-39H. The highest BCUT2D eigenvalue weighted by atomic mass is 32.1. The summed E-state index contributed by atoms with van der Waals surface area (Å²) in [4.78, 5) is 15.7. The normalized spacial score (nSPS) is 12.2. The molecular formula is C69H39N5O2S. The van der Waals surface area contributed by atoms with Crippen molar-refractivity contribution in [3.05, 3.63) is 237 Å². The molecule has 0 atom stereocenters. The number of thiophene rings is 1. The van der Waals surface area contributed by atoms with E-state index in [1.807, 2.05) is 53.8 Å². The topological polar surface area (TPSA) is 74.8 Å². The van der Waals surface area contributed by atoms with Crippen molar-refractivity contribution in [2.45, 2.75) is 0 Å². The van der Waals surface area contributed by atoms with Gasteiger partial charge in [0.25, 0.3) is 0 Å². The van der Waals surface area contributed by atoms with E-state index in [1.54, 1.807) is 0 Å². The van der Waals surface area contributed by atoms with Gasteiger partial charge in [-0.1, -0.05) is 146 Å². The fraction of sp³-hybridized carbons (Fsp3) is 0. The molecule has 0 saturated carbocycles. The van der Waals surface area contributed by atoms with Gasteiger partial charge in [-0.25, -0.2) is 15.0 Å². The van der Waals surface area contributed by atoms with Crippen LogP contribution in [0.1, 0.15) is 0 Å². The van der Waals surface area contributed by atoms with Crippen LogP contribution in [0.3, 0.4) is 0 Å². The lowest BCUT2D eigenvalue weighted by Gasteiger charge is -2.12. The molecule has 0 spiro atoms. The molecule has 0 aliphatic heterocycles. The second kappa shape index (κ2) is 16.2. The largest absolute Gasteiger partial charge is 0.456 e. The Labute approximate surface area is 442 Å². The third kappa shape index (κ3) is 6.27. The molecule has 77 heavy (non-hydrogen) atoms. The highest BCUT2D eigenvalue weighted by Crippen LogP contribution is 2.47. The van der Waals surface area contributed by atoms with E-state index in [-0.39, 0.29) is 0 Å². The van der Waals surface area contributed by atoms with Gasteiger partial charge < -0.3 is 18.0 Å². The van der Waals surface area contributed by atoms with Gasteiger partial charge in [-0.15, -0.1) is 11.3 Å². The quantitative estimate of drug-likeness (QED) is 0.166. The monoisotopic (exact) mass is 1000 g/mol. The molecule has 0 amide bonds.